The monoisotopic (exact) mass is 374 g/mol. The van der Waals surface area contributed by atoms with Crippen LogP contribution in [0.4, 0.5) is 0 Å². The minimum absolute atomic E-state index is 0. The zero-order chi connectivity index (χ0) is 15.2. The zero-order valence-electron chi connectivity index (χ0n) is 13.9. The van der Waals surface area contributed by atoms with Gasteiger partial charge in [0.1, 0.15) is 0 Å². The second-order valence-corrected chi connectivity index (χ2v) is 6.30. The Labute approximate surface area is 157 Å². The molecule has 1 unspecified atom stereocenters. The van der Waals surface area contributed by atoms with Crippen LogP contribution in [0.3, 0.4) is 0 Å². The van der Waals surface area contributed by atoms with Crippen molar-refractivity contribution in [2.45, 2.75) is 19.0 Å². The van der Waals surface area contributed by atoms with Gasteiger partial charge < -0.3 is 10.6 Å². The Hall–Kier alpha value is -0.850. The van der Waals surface area contributed by atoms with Crippen LogP contribution in [0.2, 0.25) is 0 Å². The SMILES string of the molecule is Cl.Cl.O=C(CN1CCN(Cc2ccccc2)CC1)NC1CCNC1. The molecular formula is C17H28Cl2N4O. The summed E-state index contributed by atoms with van der Waals surface area (Å²) in [6.45, 7) is 7.50. The molecule has 1 aromatic carbocycles. The number of benzene rings is 1. The summed E-state index contributed by atoms with van der Waals surface area (Å²) in [6.07, 6.45) is 1.05. The third-order valence-electron chi connectivity index (χ3n) is 4.51. The molecule has 2 heterocycles. The molecule has 2 saturated heterocycles. The van der Waals surface area contributed by atoms with E-state index in [4.69, 9.17) is 0 Å². The van der Waals surface area contributed by atoms with E-state index in [0.717, 1.165) is 52.2 Å². The first-order chi connectivity index (χ1) is 10.8. The highest BCUT2D eigenvalue weighted by Crippen LogP contribution is 2.08. The molecule has 2 aliphatic heterocycles. The molecule has 1 aromatic rings. The fourth-order valence-electron chi connectivity index (χ4n) is 3.20. The van der Waals surface area contributed by atoms with E-state index in [2.05, 4.69) is 50.8 Å². The van der Waals surface area contributed by atoms with Gasteiger partial charge in [-0.15, -0.1) is 24.8 Å². The maximum Gasteiger partial charge on any atom is 0.234 e. The largest absolute Gasteiger partial charge is 0.351 e. The topological polar surface area (TPSA) is 47.6 Å². The van der Waals surface area contributed by atoms with E-state index >= 15 is 0 Å². The average molecular weight is 375 g/mol. The summed E-state index contributed by atoms with van der Waals surface area (Å²) in [5.74, 6) is 0.171. The fraction of sp³-hybridized carbons (Fsp3) is 0.588. The zero-order valence-corrected chi connectivity index (χ0v) is 15.6. The summed E-state index contributed by atoms with van der Waals surface area (Å²) < 4.78 is 0. The molecule has 0 saturated carbocycles. The molecule has 0 bridgehead atoms. The number of rotatable bonds is 5. The molecule has 136 valence electrons. The molecule has 2 fully saturated rings. The van der Waals surface area contributed by atoms with Crippen molar-refractivity contribution in [3.05, 3.63) is 35.9 Å². The van der Waals surface area contributed by atoms with Crippen molar-refractivity contribution in [2.24, 2.45) is 0 Å². The van der Waals surface area contributed by atoms with Crippen LogP contribution in [-0.4, -0.2) is 67.6 Å². The third-order valence-corrected chi connectivity index (χ3v) is 4.51. The molecule has 0 spiro atoms. The van der Waals surface area contributed by atoms with Gasteiger partial charge in [0.05, 0.1) is 6.54 Å². The number of hydrogen-bond donors (Lipinski definition) is 2. The van der Waals surface area contributed by atoms with Crippen LogP contribution in [-0.2, 0) is 11.3 Å². The van der Waals surface area contributed by atoms with Crippen LogP contribution in [0.25, 0.3) is 0 Å². The van der Waals surface area contributed by atoms with Crippen LogP contribution in [0.5, 0.6) is 0 Å². The summed E-state index contributed by atoms with van der Waals surface area (Å²) >= 11 is 0. The minimum atomic E-state index is 0. The fourth-order valence-corrected chi connectivity index (χ4v) is 3.20. The highest BCUT2D eigenvalue weighted by molar-refractivity contribution is 5.85. The van der Waals surface area contributed by atoms with Crippen molar-refractivity contribution < 1.29 is 4.79 Å². The normalized spacial score (nSPS) is 21.6. The van der Waals surface area contributed by atoms with E-state index in [0.29, 0.717) is 12.6 Å². The summed E-state index contributed by atoms with van der Waals surface area (Å²) in [6, 6.07) is 10.9. The maximum absolute atomic E-state index is 12.0. The molecule has 2 N–H and O–H groups in total. The number of halogens is 2. The van der Waals surface area contributed by atoms with Crippen molar-refractivity contribution in [1.29, 1.82) is 0 Å². The lowest BCUT2D eigenvalue weighted by Crippen LogP contribution is -2.50. The number of amides is 1. The highest BCUT2D eigenvalue weighted by atomic mass is 35.5. The number of hydrogen-bond acceptors (Lipinski definition) is 4. The number of carbonyl (C=O) groups is 1. The molecule has 24 heavy (non-hydrogen) atoms. The first kappa shape index (κ1) is 21.2. The van der Waals surface area contributed by atoms with E-state index in [1.54, 1.807) is 0 Å². The summed E-state index contributed by atoms with van der Waals surface area (Å²) in [5, 5.41) is 6.40. The Balaban J connectivity index is 0.00000144. The van der Waals surface area contributed by atoms with E-state index in [1.807, 2.05) is 0 Å². The van der Waals surface area contributed by atoms with Crippen LogP contribution < -0.4 is 10.6 Å². The molecular weight excluding hydrogens is 347 g/mol. The molecule has 0 radical (unpaired) electrons. The van der Waals surface area contributed by atoms with Crippen LogP contribution >= 0.6 is 24.8 Å². The maximum atomic E-state index is 12.0. The van der Waals surface area contributed by atoms with Gasteiger partial charge in [-0.2, -0.15) is 0 Å². The first-order valence-electron chi connectivity index (χ1n) is 8.28. The molecule has 3 rings (SSSR count). The Morgan fingerprint density at radius 3 is 2.38 bits per heavy atom. The molecule has 7 heteroatoms. The van der Waals surface area contributed by atoms with Gasteiger partial charge in [-0.05, 0) is 18.5 Å². The molecule has 2 aliphatic rings. The van der Waals surface area contributed by atoms with Crippen molar-refractivity contribution in [1.82, 2.24) is 20.4 Å². The lowest BCUT2D eigenvalue weighted by molar-refractivity contribution is -0.123. The number of piperazine rings is 1. The molecule has 0 aliphatic carbocycles. The molecule has 1 atom stereocenters. The molecule has 1 amide bonds. The quantitative estimate of drug-likeness (QED) is 0.810. The summed E-state index contributed by atoms with van der Waals surface area (Å²) in [4.78, 5) is 16.8. The van der Waals surface area contributed by atoms with Gasteiger partial charge in [0.2, 0.25) is 5.91 Å². The summed E-state index contributed by atoms with van der Waals surface area (Å²) in [5.41, 5.74) is 1.36. The van der Waals surface area contributed by atoms with E-state index in [1.165, 1.54) is 5.56 Å². The van der Waals surface area contributed by atoms with Crippen LogP contribution in [0.15, 0.2) is 30.3 Å². The van der Waals surface area contributed by atoms with Crippen molar-refractivity contribution in [3.63, 3.8) is 0 Å². The second kappa shape index (κ2) is 10.9. The molecule has 5 nitrogen and oxygen atoms in total. The van der Waals surface area contributed by atoms with Gasteiger partial charge in [0, 0.05) is 45.3 Å². The molecule has 0 aromatic heterocycles. The van der Waals surface area contributed by atoms with Gasteiger partial charge in [0.25, 0.3) is 0 Å². The van der Waals surface area contributed by atoms with Crippen LogP contribution in [0, 0.1) is 0 Å². The van der Waals surface area contributed by atoms with Crippen molar-refractivity contribution >= 4 is 30.7 Å². The smallest absolute Gasteiger partial charge is 0.234 e. The van der Waals surface area contributed by atoms with Crippen molar-refractivity contribution in [3.8, 4) is 0 Å². The lowest BCUT2D eigenvalue weighted by atomic mass is 10.2. The number of nitrogens with one attached hydrogen (secondary N) is 2. The van der Waals surface area contributed by atoms with Gasteiger partial charge in [-0.1, -0.05) is 30.3 Å². The highest BCUT2D eigenvalue weighted by Gasteiger charge is 2.21. The summed E-state index contributed by atoms with van der Waals surface area (Å²) in [7, 11) is 0. The Morgan fingerprint density at radius 1 is 1.08 bits per heavy atom. The lowest BCUT2D eigenvalue weighted by Gasteiger charge is -2.34. The van der Waals surface area contributed by atoms with E-state index < -0.39 is 0 Å². The van der Waals surface area contributed by atoms with Crippen LogP contribution in [0.1, 0.15) is 12.0 Å². The van der Waals surface area contributed by atoms with E-state index in [9.17, 15) is 4.79 Å². The van der Waals surface area contributed by atoms with Crippen molar-refractivity contribution in [2.75, 3.05) is 45.8 Å². The third kappa shape index (κ3) is 6.57. The van der Waals surface area contributed by atoms with Gasteiger partial charge in [-0.3, -0.25) is 14.6 Å². The Bertz CT molecular complexity index is 475. The minimum Gasteiger partial charge on any atom is -0.351 e. The van der Waals surface area contributed by atoms with E-state index in [-0.39, 0.29) is 30.7 Å². The predicted molar refractivity (Wildman–Crippen MR) is 102 cm³/mol. The van der Waals surface area contributed by atoms with Gasteiger partial charge in [-0.25, -0.2) is 0 Å². The van der Waals surface area contributed by atoms with Gasteiger partial charge in [0.15, 0.2) is 0 Å². The second-order valence-electron chi connectivity index (χ2n) is 6.30. The number of carbonyl (C=O) groups excluding carboxylic acids is 1. The Kier molecular flexibility index (Phi) is 9.63. The standard InChI is InChI=1S/C17H26N4O.2ClH/c22-17(19-16-6-7-18-12-16)14-21-10-8-20(9-11-21)13-15-4-2-1-3-5-15;;/h1-5,16,18H,6-14H2,(H,19,22);2*1H. The first-order valence-corrected chi connectivity index (χ1v) is 8.28. The Morgan fingerprint density at radius 2 is 1.75 bits per heavy atom. The average Bonchev–Trinajstić information content (AvgIpc) is 3.03. The van der Waals surface area contributed by atoms with Gasteiger partial charge >= 0.3 is 0 Å². The number of nitrogens with zero attached hydrogens (tertiary/aromatic N) is 2. The predicted octanol–water partition coefficient (Wildman–Crippen LogP) is 1.13.